The molecule has 0 spiro atoms. The lowest BCUT2D eigenvalue weighted by Crippen LogP contribution is -2.33. The van der Waals surface area contributed by atoms with Crippen LogP contribution in [0.4, 0.5) is 0 Å². The van der Waals surface area contributed by atoms with Crippen LogP contribution in [0.5, 0.6) is 0 Å². The van der Waals surface area contributed by atoms with E-state index in [0.717, 1.165) is 5.56 Å². The Morgan fingerprint density at radius 1 is 1.00 bits per heavy atom. The molecule has 142 valence electrons. The molecule has 0 saturated heterocycles. The average Bonchev–Trinajstić information content (AvgIpc) is 2.66. The van der Waals surface area contributed by atoms with Crippen LogP contribution in [0.15, 0.2) is 42.5 Å². The second-order valence-electron chi connectivity index (χ2n) is 6.40. The molecule has 0 radical (unpaired) electrons. The van der Waals surface area contributed by atoms with E-state index in [9.17, 15) is 9.59 Å². The van der Waals surface area contributed by atoms with Crippen molar-refractivity contribution in [2.75, 3.05) is 20.3 Å². The molecule has 6 heteroatoms. The van der Waals surface area contributed by atoms with Gasteiger partial charge in [-0.3, -0.25) is 4.79 Å². The molecule has 1 aliphatic heterocycles. The van der Waals surface area contributed by atoms with Crippen molar-refractivity contribution in [2.45, 2.75) is 32.7 Å². The second kappa shape index (κ2) is 10.1. The van der Waals surface area contributed by atoms with Crippen LogP contribution in [0, 0.1) is 11.8 Å². The summed E-state index contributed by atoms with van der Waals surface area (Å²) in [5.41, 5.74) is 0.958. The van der Waals surface area contributed by atoms with Crippen molar-refractivity contribution >= 4 is 11.9 Å². The van der Waals surface area contributed by atoms with Crippen LogP contribution in [0.25, 0.3) is 0 Å². The van der Waals surface area contributed by atoms with Crippen LogP contribution in [-0.2, 0) is 35.1 Å². The van der Waals surface area contributed by atoms with Gasteiger partial charge in [0.15, 0.2) is 6.10 Å². The van der Waals surface area contributed by atoms with Gasteiger partial charge in [-0.15, -0.1) is 0 Å². The molecule has 1 aromatic carbocycles. The SMILES string of the molecule is CO[C@@H]1COC(=O)[C@H](C)COC(=O)[C@H](OCc2ccccc2)/C=C/[C@H]1C. The number of carbonyl (C=O) groups excluding carboxylic acids is 2. The first-order valence-corrected chi connectivity index (χ1v) is 8.71. The number of ether oxygens (including phenoxy) is 4. The molecule has 0 aliphatic carbocycles. The van der Waals surface area contributed by atoms with Crippen LogP contribution in [0.2, 0.25) is 0 Å². The van der Waals surface area contributed by atoms with Crippen molar-refractivity contribution in [2.24, 2.45) is 11.8 Å². The summed E-state index contributed by atoms with van der Waals surface area (Å²) in [6.45, 7) is 3.96. The molecule has 0 saturated carbocycles. The molecule has 4 atom stereocenters. The van der Waals surface area contributed by atoms with E-state index in [4.69, 9.17) is 18.9 Å². The first kappa shape index (κ1) is 20.1. The van der Waals surface area contributed by atoms with E-state index < -0.39 is 24.0 Å². The molecule has 1 heterocycles. The van der Waals surface area contributed by atoms with Gasteiger partial charge in [0.2, 0.25) is 0 Å². The van der Waals surface area contributed by atoms with Crippen molar-refractivity contribution in [1.29, 1.82) is 0 Å². The Morgan fingerprint density at radius 3 is 2.38 bits per heavy atom. The lowest BCUT2D eigenvalue weighted by molar-refractivity contribution is -0.162. The van der Waals surface area contributed by atoms with Crippen molar-refractivity contribution in [1.82, 2.24) is 0 Å². The molecule has 26 heavy (non-hydrogen) atoms. The minimum atomic E-state index is -0.849. The molecular weight excluding hydrogens is 336 g/mol. The van der Waals surface area contributed by atoms with E-state index in [1.807, 2.05) is 43.3 Å². The van der Waals surface area contributed by atoms with Crippen LogP contribution in [0.3, 0.4) is 0 Å². The Balaban J connectivity index is 2.12. The fourth-order valence-electron chi connectivity index (χ4n) is 2.46. The fourth-order valence-corrected chi connectivity index (χ4v) is 2.46. The highest BCUT2D eigenvalue weighted by Gasteiger charge is 2.25. The molecule has 2 rings (SSSR count). The van der Waals surface area contributed by atoms with E-state index >= 15 is 0 Å². The number of cyclic esters (lactones) is 2. The first-order valence-electron chi connectivity index (χ1n) is 8.71. The van der Waals surface area contributed by atoms with Crippen molar-refractivity contribution in [3.63, 3.8) is 0 Å². The van der Waals surface area contributed by atoms with Crippen molar-refractivity contribution < 1.29 is 28.5 Å². The molecule has 1 aromatic rings. The number of rotatable bonds is 4. The third kappa shape index (κ3) is 5.97. The molecule has 6 nitrogen and oxygen atoms in total. The number of hydrogen-bond donors (Lipinski definition) is 0. The number of hydrogen-bond acceptors (Lipinski definition) is 6. The third-order valence-electron chi connectivity index (χ3n) is 4.25. The maximum Gasteiger partial charge on any atom is 0.339 e. The maximum atomic E-state index is 12.4. The highest BCUT2D eigenvalue weighted by molar-refractivity contribution is 5.78. The number of benzene rings is 1. The maximum absolute atomic E-state index is 12.4. The molecule has 0 unspecified atom stereocenters. The lowest BCUT2D eigenvalue weighted by atomic mass is 10.0. The van der Waals surface area contributed by atoms with Crippen LogP contribution < -0.4 is 0 Å². The molecular formula is C20H26O6. The van der Waals surface area contributed by atoms with Gasteiger partial charge in [0.25, 0.3) is 0 Å². The highest BCUT2D eigenvalue weighted by atomic mass is 16.6. The van der Waals surface area contributed by atoms with Gasteiger partial charge in [0, 0.05) is 13.0 Å². The standard InChI is InChI=1S/C20H26O6/c1-14-9-10-17(24-12-16-7-5-4-6-8-16)20(22)25-11-15(2)19(21)26-13-18(14)23-3/h4-10,14-15,17-18H,11-13H2,1-3H3/b10-9+/t14-,15-,17-,18-/m1/s1. The van der Waals surface area contributed by atoms with Gasteiger partial charge in [-0.25, -0.2) is 4.79 Å². The Kier molecular flexibility index (Phi) is 7.81. The molecule has 0 amide bonds. The third-order valence-corrected chi connectivity index (χ3v) is 4.25. The topological polar surface area (TPSA) is 71.1 Å². The minimum absolute atomic E-state index is 0.0517. The van der Waals surface area contributed by atoms with E-state index in [2.05, 4.69) is 0 Å². The Bertz CT molecular complexity index is 612. The molecule has 0 bridgehead atoms. The first-order chi connectivity index (χ1) is 12.5. The fraction of sp³-hybridized carbons (Fsp3) is 0.500. The predicted octanol–water partition coefficient (Wildman–Crippen LogP) is 2.52. The average molecular weight is 362 g/mol. The number of esters is 2. The predicted molar refractivity (Wildman–Crippen MR) is 95.2 cm³/mol. The summed E-state index contributed by atoms with van der Waals surface area (Å²) in [4.78, 5) is 24.4. The van der Waals surface area contributed by atoms with Gasteiger partial charge >= 0.3 is 11.9 Å². The summed E-state index contributed by atoms with van der Waals surface area (Å²) < 4.78 is 21.6. The quantitative estimate of drug-likeness (QED) is 0.605. The summed E-state index contributed by atoms with van der Waals surface area (Å²) in [5, 5.41) is 0. The van der Waals surface area contributed by atoms with E-state index in [1.54, 1.807) is 20.1 Å². The number of methoxy groups -OCH3 is 1. The summed E-state index contributed by atoms with van der Waals surface area (Å²) in [7, 11) is 1.57. The largest absolute Gasteiger partial charge is 0.463 e. The van der Waals surface area contributed by atoms with Crippen LogP contribution in [0.1, 0.15) is 19.4 Å². The second-order valence-corrected chi connectivity index (χ2v) is 6.40. The number of carbonyl (C=O) groups is 2. The van der Waals surface area contributed by atoms with E-state index in [1.165, 1.54) is 0 Å². The van der Waals surface area contributed by atoms with Gasteiger partial charge in [0.1, 0.15) is 13.2 Å². The van der Waals surface area contributed by atoms with Crippen LogP contribution >= 0.6 is 0 Å². The highest BCUT2D eigenvalue weighted by Crippen LogP contribution is 2.15. The lowest BCUT2D eigenvalue weighted by Gasteiger charge is -2.23. The van der Waals surface area contributed by atoms with Gasteiger partial charge < -0.3 is 18.9 Å². The van der Waals surface area contributed by atoms with E-state index in [0.29, 0.717) is 0 Å². The summed E-state index contributed by atoms with van der Waals surface area (Å²) >= 11 is 0. The summed E-state index contributed by atoms with van der Waals surface area (Å²) in [5.74, 6) is -1.57. The zero-order valence-electron chi connectivity index (χ0n) is 15.4. The van der Waals surface area contributed by atoms with Crippen molar-refractivity contribution in [3.8, 4) is 0 Å². The van der Waals surface area contributed by atoms with Crippen molar-refractivity contribution in [3.05, 3.63) is 48.0 Å². The molecule has 1 aliphatic rings. The van der Waals surface area contributed by atoms with E-state index in [-0.39, 0.29) is 31.8 Å². The molecule has 0 N–H and O–H groups in total. The van der Waals surface area contributed by atoms with Crippen LogP contribution in [-0.4, -0.2) is 44.5 Å². The molecule has 0 fully saturated rings. The zero-order chi connectivity index (χ0) is 18.9. The monoisotopic (exact) mass is 362 g/mol. The zero-order valence-corrected chi connectivity index (χ0v) is 15.4. The van der Waals surface area contributed by atoms with Gasteiger partial charge in [-0.05, 0) is 18.6 Å². The summed E-state index contributed by atoms with van der Waals surface area (Å²) in [6.07, 6.45) is 2.35. The summed E-state index contributed by atoms with van der Waals surface area (Å²) in [6, 6.07) is 9.58. The van der Waals surface area contributed by atoms with Gasteiger partial charge in [-0.1, -0.05) is 43.3 Å². The smallest absolute Gasteiger partial charge is 0.339 e. The Labute approximate surface area is 154 Å². The Morgan fingerprint density at radius 2 is 1.69 bits per heavy atom. The Hall–Kier alpha value is -2.18. The van der Waals surface area contributed by atoms with Gasteiger partial charge in [-0.2, -0.15) is 0 Å². The normalized spacial score (nSPS) is 29.0. The minimum Gasteiger partial charge on any atom is -0.463 e. The molecule has 0 aromatic heterocycles. The van der Waals surface area contributed by atoms with Gasteiger partial charge in [0.05, 0.1) is 18.6 Å².